The van der Waals surface area contributed by atoms with Gasteiger partial charge in [-0.25, -0.2) is 9.07 Å². The second kappa shape index (κ2) is 8.02. The molecule has 0 radical (unpaired) electrons. The standard InChI is InChI=1S/C22H22FN3O2/c23-19-7-5-17(6-8-19)21(27)13-16-9-10-25(15-16)11-12-26-22(28)20-4-2-1-3-18(20)14-24-26/h1-8,14,16H,9-13,15H2. The lowest BCUT2D eigenvalue weighted by molar-refractivity contribution is 0.0962. The van der Waals surface area contributed by atoms with Crippen molar-refractivity contribution in [1.29, 1.82) is 0 Å². The summed E-state index contributed by atoms with van der Waals surface area (Å²) in [7, 11) is 0. The fourth-order valence-corrected chi connectivity index (χ4v) is 3.82. The molecule has 2 aromatic carbocycles. The topological polar surface area (TPSA) is 55.2 Å². The molecule has 0 bridgehead atoms. The molecule has 0 spiro atoms. The van der Waals surface area contributed by atoms with Crippen LogP contribution >= 0.6 is 0 Å². The number of fused-ring (bicyclic) bond motifs is 1. The Bertz CT molecular complexity index is 1050. The lowest BCUT2D eigenvalue weighted by atomic mass is 9.98. The Kier molecular flexibility index (Phi) is 5.30. The zero-order valence-electron chi connectivity index (χ0n) is 15.6. The molecule has 1 fully saturated rings. The van der Waals surface area contributed by atoms with Gasteiger partial charge in [0.25, 0.3) is 5.56 Å². The maximum Gasteiger partial charge on any atom is 0.274 e. The Morgan fingerprint density at radius 3 is 2.71 bits per heavy atom. The highest BCUT2D eigenvalue weighted by Crippen LogP contribution is 2.21. The third-order valence-corrected chi connectivity index (χ3v) is 5.40. The number of carbonyl (C=O) groups is 1. The summed E-state index contributed by atoms with van der Waals surface area (Å²) in [5.41, 5.74) is 0.493. The number of halogens is 1. The van der Waals surface area contributed by atoms with Crippen molar-refractivity contribution in [2.45, 2.75) is 19.4 Å². The van der Waals surface area contributed by atoms with E-state index in [1.807, 2.05) is 24.3 Å². The van der Waals surface area contributed by atoms with Gasteiger partial charge in [-0.3, -0.25) is 9.59 Å². The van der Waals surface area contributed by atoms with Crippen molar-refractivity contribution in [3.05, 3.63) is 76.5 Å². The fourth-order valence-electron chi connectivity index (χ4n) is 3.82. The number of hydrogen-bond acceptors (Lipinski definition) is 4. The highest BCUT2D eigenvalue weighted by molar-refractivity contribution is 5.96. The van der Waals surface area contributed by atoms with Crippen LogP contribution in [-0.4, -0.2) is 40.1 Å². The zero-order chi connectivity index (χ0) is 19.5. The molecule has 3 aromatic rings. The fraction of sp³-hybridized carbons (Fsp3) is 0.318. The molecule has 1 atom stereocenters. The van der Waals surface area contributed by atoms with E-state index >= 15 is 0 Å². The molecule has 28 heavy (non-hydrogen) atoms. The van der Waals surface area contributed by atoms with E-state index in [-0.39, 0.29) is 17.2 Å². The smallest absolute Gasteiger partial charge is 0.274 e. The molecule has 5 nitrogen and oxygen atoms in total. The maximum atomic E-state index is 13.0. The normalized spacial score (nSPS) is 17.2. The van der Waals surface area contributed by atoms with Crippen LogP contribution in [0.4, 0.5) is 4.39 Å². The number of rotatable bonds is 6. The van der Waals surface area contributed by atoms with Crippen molar-refractivity contribution < 1.29 is 9.18 Å². The number of Topliss-reactive ketones (excluding diaryl/α,β-unsaturated/α-hetero) is 1. The highest BCUT2D eigenvalue weighted by Gasteiger charge is 2.25. The molecule has 4 rings (SSSR count). The third kappa shape index (κ3) is 4.02. The number of nitrogens with zero attached hydrogens (tertiary/aromatic N) is 3. The van der Waals surface area contributed by atoms with Crippen LogP contribution in [-0.2, 0) is 6.54 Å². The Labute approximate surface area is 162 Å². The molecular weight excluding hydrogens is 357 g/mol. The number of carbonyl (C=O) groups excluding carboxylic acids is 1. The van der Waals surface area contributed by atoms with Crippen LogP contribution in [0.3, 0.4) is 0 Å². The van der Waals surface area contributed by atoms with Crippen LogP contribution in [0, 0.1) is 11.7 Å². The molecular formula is C22H22FN3O2. The molecule has 1 aliphatic rings. The summed E-state index contributed by atoms with van der Waals surface area (Å²) in [6.45, 7) is 2.99. The minimum atomic E-state index is -0.332. The lowest BCUT2D eigenvalue weighted by Crippen LogP contribution is -2.31. The summed E-state index contributed by atoms with van der Waals surface area (Å²) < 4.78 is 14.5. The van der Waals surface area contributed by atoms with E-state index in [2.05, 4.69) is 10.00 Å². The van der Waals surface area contributed by atoms with Crippen LogP contribution in [0.2, 0.25) is 0 Å². The van der Waals surface area contributed by atoms with Gasteiger partial charge in [0.1, 0.15) is 5.82 Å². The maximum absolute atomic E-state index is 13.0. The summed E-state index contributed by atoms with van der Waals surface area (Å²) >= 11 is 0. The number of hydrogen-bond donors (Lipinski definition) is 0. The van der Waals surface area contributed by atoms with Crippen LogP contribution in [0.5, 0.6) is 0 Å². The van der Waals surface area contributed by atoms with Gasteiger partial charge in [0.15, 0.2) is 5.78 Å². The molecule has 2 heterocycles. The van der Waals surface area contributed by atoms with E-state index in [1.165, 1.54) is 16.8 Å². The molecule has 0 N–H and O–H groups in total. The Balaban J connectivity index is 1.33. The van der Waals surface area contributed by atoms with Gasteiger partial charge in [-0.1, -0.05) is 18.2 Å². The van der Waals surface area contributed by atoms with Gasteiger partial charge in [0, 0.05) is 30.5 Å². The number of likely N-dealkylation sites (tertiary alicyclic amines) is 1. The Morgan fingerprint density at radius 2 is 1.89 bits per heavy atom. The summed E-state index contributed by atoms with van der Waals surface area (Å²) in [6.07, 6.45) is 3.15. The predicted molar refractivity (Wildman–Crippen MR) is 106 cm³/mol. The van der Waals surface area contributed by atoms with Crippen molar-refractivity contribution in [2.75, 3.05) is 19.6 Å². The van der Waals surface area contributed by atoms with Gasteiger partial charge in [-0.15, -0.1) is 0 Å². The van der Waals surface area contributed by atoms with Crippen molar-refractivity contribution >= 4 is 16.6 Å². The highest BCUT2D eigenvalue weighted by atomic mass is 19.1. The minimum absolute atomic E-state index is 0.0549. The number of ketones is 1. The van der Waals surface area contributed by atoms with Gasteiger partial charge in [0.05, 0.1) is 18.1 Å². The molecule has 1 saturated heterocycles. The van der Waals surface area contributed by atoms with Gasteiger partial charge < -0.3 is 4.90 Å². The molecule has 1 unspecified atom stereocenters. The largest absolute Gasteiger partial charge is 0.301 e. The summed E-state index contributed by atoms with van der Waals surface area (Å²) in [5, 5.41) is 5.81. The first kappa shape index (κ1) is 18.5. The van der Waals surface area contributed by atoms with Crippen molar-refractivity contribution in [2.24, 2.45) is 5.92 Å². The minimum Gasteiger partial charge on any atom is -0.301 e. The van der Waals surface area contributed by atoms with Gasteiger partial charge in [0.2, 0.25) is 0 Å². The van der Waals surface area contributed by atoms with Gasteiger partial charge >= 0.3 is 0 Å². The Morgan fingerprint density at radius 1 is 1.11 bits per heavy atom. The second-order valence-corrected chi connectivity index (χ2v) is 7.35. The summed E-state index contributed by atoms with van der Waals surface area (Å²) in [6, 6.07) is 13.2. The first-order chi connectivity index (χ1) is 13.6. The van der Waals surface area contributed by atoms with Crippen LogP contribution in [0.1, 0.15) is 23.2 Å². The van der Waals surface area contributed by atoms with E-state index < -0.39 is 0 Å². The van der Waals surface area contributed by atoms with Crippen LogP contribution in [0.15, 0.2) is 59.5 Å². The molecule has 144 valence electrons. The lowest BCUT2D eigenvalue weighted by Gasteiger charge is -2.16. The van der Waals surface area contributed by atoms with E-state index in [0.717, 1.165) is 31.4 Å². The van der Waals surface area contributed by atoms with Gasteiger partial charge in [-0.05, 0) is 49.2 Å². The molecule has 0 saturated carbocycles. The molecule has 1 aromatic heterocycles. The van der Waals surface area contributed by atoms with E-state index in [9.17, 15) is 14.0 Å². The quantitative estimate of drug-likeness (QED) is 0.618. The first-order valence-corrected chi connectivity index (χ1v) is 9.56. The van der Waals surface area contributed by atoms with Crippen LogP contribution in [0.25, 0.3) is 10.8 Å². The van der Waals surface area contributed by atoms with Crippen molar-refractivity contribution in [3.8, 4) is 0 Å². The predicted octanol–water partition coefficient (Wildman–Crippen LogP) is 3.13. The van der Waals surface area contributed by atoms with E-state index in [4.69, 9.17) is 0 Å². The second-order valence-electron chi connectivity index (χ2n) is 7.35. The average molecular weight is 379 g/mol. The number of benzene rings is 2. The molecule has 1 aliphatic heterocycles. The SMILES string of the molecule is O=C(CC1CCN(CCn2ncc3ccccc3c2=O)C1)c1ccc(F)cc1. The van der Waals surface area contributed by atoms with Crippen molar-refractivity contribution in [3.63, 3.8) is 0 Å². The van der Waals surface area contributed by atoms with E-state index in [0.29, 0.717) is 29.8 Å². The molecule has 6 heteroatoms. The third-order valence-electron chi connectivity index (χ3n) is 5.40. The van der Waals surface area contributed by atoms with Crippen LogP contribution < -0.4 is 5.56 Å². The monoisotopic (exact) mass is 379 g/mol. The number of aromatic nitrogens is 2. The Hall–Kier alpha value is -2.86. The summed E-state index contributed by atoms with van der Waals surface area (Å²) in [5.74, 6) is 0.0132. The van der Waals surface area contributed by atoms with Crippen molar-refractivity contribution in [1.82, 2.24) is 14.7 Å². The first-order valence-electron chi connectivity index (χ1n) is 9.56. The van der Waals surface area contributed by atoms with Gasteiger partial charge in [-0.2, -0.15) is 5.10 Å². The average Bonchev–Trinajstić information content (AvgIpc) is 3.15. The molecule has 0 amide bonds. The van der Waals surface area contributed by atoms with E-state index in [1.54, 1.807) is 18.3 Å². The summed E-state index contributed by atoms with van der Waals surface area (Å²) in [4.78, 5) is 27.2. The zero-order valence-corrected chi connectivity index (χ0v) is 15.6. The molecule has 0 aliphatic carbocycles.